The van der Waals surface area contributed by atoms with Gasteiger partial charge >= 0.3 is 0 Å². The summed E-state index contributed by atoms with van der Waals surface area (Å²) in [7, 11) is 1.98. The molecule has 2 rings (SSSR count). The van der Waals surface area contributed by atoms with Gasteiger partial charge in [0.15, 0.2) is 11.8 Å². The second-order valence-electron chi connectivity index (χ2n) is 7.00. The summed E-state index contributed by atoms with van der Waals surface area (Å²) < 4.78 is 1.99. The fraction of sp³-hybridized carbons (Fsp3) is 0.650. The third-order valence-electron chi connectivity index (χ3n) is 4.79. The van der Waals surface area contributed by atoms with Crippen molar-refractivity contribution in [3.8, 4) is 0 Å². The second kappa shape index (κ2) is 11.7. The Bertz CT molecular complexity index is 677. The average molecular weight is 391 g/mol. The number of unbranched alkanes of at least 4 members (excludes halogenated alkanes) is 1. The summed E-state index contributed by atoms with van der Waals surface area (Å²) in [5.74, 6) is 3.33. The molecule has 0 saturated heterocycles. The average Bonchev–Trinajstić information content (AvgIpc) is 3.30. The van der Waals surface area contributed by atoms with E-state index in [-0.39, 0.29) is 0 Å². The highest BCUT2D eigenvalue weighted by Crippen LogP contribution is 2.14. The van der Waals surface area contributed by atoms with Crippen LogP contribution < -0.4 is 10.6 Å². The lowest BCUT2D eigenvalue weighted by molar-refractivity contribution is 0.423. The molecule has 0 aliphatic heterocycles. The van der Waals surface area contributed by atoms with Crippen molar-refractivity contribution in [2.24, 2.45) is 18.0 Å². The first-order valence-corrected chi connectivity index (χ1v) is 10.9. The van der Waals surface area contributed by atoms with Crippen molar-refractivity contribution in [3.63, 3.8) is 0 Å². The lowest BCUT2D eigenvalue weighted by Crippen LogP contribution is -2.39. The molecule has 27 heavy (non-hydrogen) atoms. The van der Waals surface area contributed by atoms with Gasteiger partial charge in [-0.3, -0.25) is 0 Å². The predicted octanol–water partition coefficient (Wildman–Crippen LogP) is 4.03. The molecule has 0 radical (unpaired) electrons. The molecular formula is C20H34N6S. The van der Waals surface area contributed by atoms with Crippen LogP contribution in [0.25, 0.3) is 0 Å². The Balaban J connectivity index is 1.98. The van der Waals surface area contributed by atoms with E-state index in [1.165, 1.54) is 37.0 Å². The molecule has 0 fully saturated rings. The Morgan fingerprint density at radius 3 is 2.70 bits per heavy atom. The standard InChI is InChI=1S/C20H34N6S/c1-5-7-10-17(9-6-2)13-21-20(22-14-18-11-8-12-27-18)23-15-19-25-24-16(3)26(19)4/h8,11-12,17H,5-7,9-10,13-15H2,1-4H3,(H2,21,22,23). The smallest absolute Gasteiger partial charge is 0.192 e. The zero-order valence-electron chi connectivity index (χ0n) is 17.2. The molecule has 2 aromatic heterocycles. The number of aryl methyl sites for hydroxylation is 1. The maximum absolute atomic E-state index is 4.76. The molecule has 2 heterocycles. The van der Waals surface area contributed by atoms with E-state index in [1.807, 2.05) is 18.5 Å². The minimum absolute atomic E-state index is 0.518. The molecule has 6 nitrogen and oxygen atoms in total. The van der Waals surface area contributed by atoms with Crippen molar-refractivity contribution < 1.29 is 0 Å². The predicted molar refractivity (Wildman–Crippen MR) is 114 cm³/mol. The minimum Gasteiger partial charge on any atom is -0.356 e. The molecular weight excluding hydrogens is 356 g/mol. The summed E-state index contributed by atoms with van der Waals surface area (Å²) in [6, 6.07) is 4.22. The third kappa shape index (κ3) is 7.33. The highest BCUT2D eigenvalue weighted by atomic mass is 32.1. The van der Waals surface area contributed by atoms with Gasteiger partial charge in [0, 0.05) is 18.5 Å². The normalized spacial score (nSPS) is 13.0. The number of nitrogens with one attached hydrogen (secondary N) is 2. The largest absolute Gasteiger partial charge is 0.356 e. The lowest BCUT2D eigenvalue weighted by atomic mass is 9.97. The van der Waals surface area contributed by atoms with Gasteiger partial charge in [0.25, 0.3) is 0 Å². The van der Waals surface area contributed by atoms with Crippen molar-refractivity contribution in [1.82, 2.24) is 25.4 Å². The number of aromatic nitrogens is 3. The van der Waals surface area contributed by atoms with Gasteiger partial charge in [0.05, 0.1) is 6.54 Å². The monoisotopic (exact) mass is 390 g/mol. The van der Waals surface area contributed by atoms with E-state index in [0.29, 0.717) is 12.5 Å². The summed E-state index contributed by atoms with van der Waals surface area (Å²) in [5, 5.41) is 17.5. The van der Waals surface area contributed by atoms with E-state index in [2.05, 4.69) is 52.2 Å². The van der Waals surface area contributed by atoms with E-state index in [0.717, 1.165) is 30.7 Å². The topological polar surface area (TPSA) is 67.1 Å². The number of nitrogens with zero attached hydrogens (tertiary/aromatic N) is 4. The van der Waals surface area contributed by atoms with Gasteiger partial charge in [0.2, 0.25) is 0 Å². The number of rotatable bonds is 11. The van der Waals surface area contributed by atoms with Crippen LogP contribution in [0.4, 0.5) is 0 Å². The van der Waals surface area contributed by atoms with E-state index in [4.69, 9.17) is 4.99 Å². The van der Waals surface area contributed by atoms with E-state index in [1.54, 1.807) is 11.3 Å². The van der Waals surface area contributed by atoms with Crippen molar-refractivity contribution in [2.75, 3.05) is 6.54 Å². The van der Waals surface area contributed by atoms with Gasteiger partial charge < -0.3 is 15.2 Å². The van der Waals surface area contributed by atoms with Crippen LogP contribution in [0.3, 0.4) is 0 Å². The Morgan fingerprint density at radius 1 is 1.22 bits per heavy atom. The molecule has 0 aliphatic carbocycles. The van der Waals surface area contributed by atoms with Gasteiger partial charge in [-0.05, 0) is 37.1 Å². The molecule has 0 aromatic carbocycles. The molecule has 7 heteroatoms. The van der Waals surface area contributed by atoms with Crippen LogP contribution in [0.5, 0.6) is 0 Å². The molecule has 2 aromatic rings. The highest BCUT2D eigenvalue weighted by Gasteiger charge is 2.10. The van der Waals surface area contributed by atoms with Gasteiger partial charge in [0.1, 0.15) is 12.4 Å². The summed E-state index contributed by atoms with van der Waals surface area (Å²) in [4.78, 5) is 6.06. The maximum Gasteiger partial charge on any atom is 0.192 e. The van der Waals surface area contributed by atoms with Crippen molar-refractivity contribution in [1.29, 1.82) is 0 Å². The molecule has 0 spiro atoms. The van der Waals surface area contributed by atoms with Crippen molar-refractivity contribution in [3.05, 3.63) is 34.0 Å². The zero-order valence-corrected chi connectivity index (χ0v) is 18.0. The Morgan fingerprint density at radius 2 is 2.07 bits per heavy atom. The summed E-state index contributed by atoms with van der Waals surface area (Å²) >= 11 is 1.76. The summed E-state index contributed by atoms with van der Waals surface area (Å²) in [6.45, 7) is 8.74. The van der Waals surface area contributed by atoms with Crippen LogP contribution in [0.2, 0.25) is 0 Å². The van der Waals surface area contributed by atoms with E-state index < -0.39 is 0 Å². The number of aliphatic imine (C=N–C) groups is 1. The van der Waals surface area contributed by atoms with E-state index >= 15 is 0 Å². The van der Waals surface area contributed by atoms with Crippen LogP contribution in [-0.2, 0) is 20.1 Å². The SMILES string of the molecule is CCCCC(CCC)CNC(=NCc1nnc(C)n1C)NCc1cccs1. The fourth-order valence-corrected chi connectivity index (χ4v) is 3.63. The summed E-state index contributed by atoms with van der Waals surface area (Å²) in [5.41, 5.74) is 0. The fourth-order valence-electron chi connectivity index (χ4n) is 2.99. The zero-order chi connectivity index (χ0) is 19.5. The van der Waals surface area contributed by atoms with Crippen LogP contribution in [0.15, 0.2) is 22.5 Å². The van der Waals surface area contributed by atoms with E-state index in [9.17, 15) is 0 Å². The molecule has 0 amide bonds. The summed E-state index contributed by atoms with van der Waals surface area (Å²) in [6.07, 6.45) is 6.30. The Hall–Kier alpha value is -1.89. The van der Waals surface area contributed by atoms with Crippen LogP contribution in [0, 0.1) is 12.8 Å². The molecule has 2 N–H and O–H groups in total. The Labute approximate surface area is 167 Å². The van der Waals surface area contributed by atoms with Gasteiger partial charge in [-0.1, -0.05) is 39.2 Å². The van der Waals surface area contributed by atoms with Gasteiger partial charge in [-0.2, -0.15) is 0 Å². The third-order valence-corrected chi connectivity index (χ3v) is 5.67. The molecule has 0 saturated carbocycles. The Kier molecular flexibility index (Phi) is 9.31. The number of thiophene rings is 1. The molecule has 150 valence electrons. The molecule has 1 unspecified atom stereocenters. The van der Waals surface area contributed by atoms with Crippen LogP contribution >= 0.6 is 11.3 Å². The lowest BCUT2D eigenvalue weighted by Gasteiger charge is -2.19. The molecule has 0 aliphatic rings. The molecule has 1 atom stereocenters. The highest BCUT2D eigenvalue weighted by molar-refractivity contribution is 7.09. The van der Waals surface area contributed by atoms with Gasteiger partial charge in [-0.25, -0.2) is 4.99 Å². The first kappa shape index (κ1) is 21.4. The maximum atomic E-state index is 4.76. The molecule has 0 bridgehead atoms. The number of hydrogen-bond donors (Lipinski definition) is 2. The quantitative estimate of drug-likeness (QED) is 0.449. The van der Waals surface area contributed by atoms with Gasteiger partial charge in [-0.15, -0.1) is 21.5 Å². The van der Waals surface area contributed by atoms with Crippen LogP contribution in [-0.4, -0.2) is 27.3 Å². The first-order chi connectivity index (χ1) is 13.1. The second-order valence-corrected chi connectivity index (χ2v) is 8.03. The van der Waals surface area contributed by atoms with Crippen molar-refractivity contribution in [2.45, 2.75) is 66.0 Å². The number of guanidine groups is 1. The minimum atomic E-state index is 0.518. The first-order valence-electron chi connectivity index (χ1n) is 10.0. The van der Waals surface area contributed by atoms with Crippen LogP contribution in [0.1, 0.15) is 62.5 Å². The van der Waals surface area contributed by atoms with Crippen molar-refractivity contribution >= 4 is 17.3 Å². The number of hydrogen-bond acceptors (Lipinski definition) is 4.